The molecule has 2 rings (SSSR count). The molecule has 0 radical (unpaired) electrons. The zero-order valence-corrected chi connectivity index (χ0v) is 11.4. The highest BCUT2D eigenvalue weighted by Crippen LogP contribution is 2.22. The van der Waals surface area contributed by atoms with Crippen molar-refractivity contribution in [3.8, 4) is 0 Å². The van der Waals surface area contributed by atoms with Crippen LogP contribution in [0.3, 0.4) is 0 Å². The molecule has 1 aromatic carbocycles. The molecule has 0 aliphatic carbocycles. The number of aliphatic hydroxyl groups excluding tert-OH is 1. The lowest BCUT2D eigenvalue weighted by Crippen LogP contribution is -2.44. The molecule has 0 aromatic heterocycles. The quantitative estimate of drug-likeness (QED) is 0.840. The summed E-state index contributed by atoms with van der Waals surface area (Å²) in [5.74, 6) is 0. The Morgan fingerprint density at radius 3 is 2.72 bits per heavy atom. The van der Waals surface area contributed by atoms with E-state index in [9.17, 15) is 13.5 Å². The lowest BCUT2D eigenvalue weighted by molar-refractivity contribution is 0.136. The van der Waals surface area contributed by atoms with E-state index in [1.165, 1.54) is 23.5 Å². The molecule has 18 heavy (non-hydrogen) atoms. The second-order valence-electron chi connectivity index (χ2n) is 4.27. The van der Waals surface area contributed by atoms with Crippen molar-refractivity contribution >= 4 is 21.6 Å². The second-order valence-corrected chi connectivity index (χ2v) is 6.71. The third-order valence-electron chi connectivity index (χ3n) is 3.09. The first-order valence-corrected chi connectivity index (χ1v) is 7.37. The molecule has 0 spiro atoms. The first-order chi connectivity index (χ1) is 8.43. The number of β-amino-alcohol motifs (C(OH)–C–C–N with tert-alkyl or cyclic N) is 1. The number of benzene rings is 1. The first kappa shape index (κ1) is 13.8. The van der Waals surface area contributed by atoms with Crippen molar-refractivity contribution in [1.29, 1.82) is 0 Å². The predicted octanol–water partition coefficient (Wildman–Crippen LogP) is 0.293. The Balaban J connectivity index is 2.31. The maximum atomic E-state index is 12.3. The Kier molecular flexibility index (Phi) is 3.93. The number of nitrogens with zero attached hydrogens (tertiary/aromatic N) is 1. The Bertz CT molecular complexity index is 535. The van der Waals surface area contributed by atoms with E-state index in [0.717, 1.165) is 0 Å². The molecule has 0 saturated carbocycles. The Labute approximate surface area is 111 Å². The minimum atomic E-state index is -3.63. The third kappa shape index (κ3) is 2.53. The van der Waals surface area contributed by atoms with E-state index in [4.69, 9.17) is 11.6 Å². The molecule has 1 aliphatic heterocycles. The summed E-state index contributed by atoms with van der Waals surface area (Å²) >= 11 is 5.80. The molecule has 1 aromatic rings. The van der Waals surface area contributed by atoms with Gasteiger partial charge in [0.2, 0.25) is 10.0 Å². The van der Waals surface area contributed by atoms with E-state index in [-0.39, 0.29) is 4.90 Å². The van der Waals surface area contributed by atoms with Crippen LogP contribution in [0, 0.1) is 0 Å². The van der Waals surface area contributed by atoms with Crippen molar-refractivity contribution in [2.24, 2.45) is 0 Å². The highest BCUT2D eigenvalue weighted by molar-refractivity contribution is 7.89. The number of hydrogen-bond acceptors (Lipinski definition) is 4. The first-order valence-electron chi connectivity index (χ1n) is 5.55. The van der Waals surface area contributed by atoms with Crippen molar-refractivity contribution in [2.75, 3.05) is 20.1 Å². The van der Waals surface area contributed by atoms with Gasteiger partial charge in [0.1, 0.15) is 0 Å². The van der Waals surface area contributed by atoms with Crippen LogP contribution in [0.1, 0.15) is 0 Å². The van der Waals surface area contributed by atoms with Crippen LogP contribution in [0.2, 0.25) is 5.02 Å². The predicted molar refractivity (Wildman–Crippen MR) is 69.1 cm³/mol. The highest BCUT2D eigenvalue weighted by atomic mass is 35.5. The normalized spacial score (nSPS) is 24.7. The van der Waals surface area contributed by atoms with Gasteiger partial charge in [-0.15, -0.1) is 0 Å². The van der Waals surface area contributed by atoms with Crippen LogP contribution in [0.15, 0.2) is 29.2 Å². The fourth-order valence-electron chi connectivity index (χ4n) is 1.99. The molecule has 1 aliphatic rings. The second kappa shape index (κ2) is 5.14. The molecule has 7 heteroatoms. The summed E-state index contributed by atoms with van der Waals surface area (Å²) in [6.07, 6.45) is -0.691. The van der Waals surface area contributed by atoms with Gasteiger partial charge in [0.25, 0.3) is 0 Å². The van der Waals surface area contributed by atoms with E-state index in [1.807, 2.05) is 0 Å². The van der Waals surface area contributed by atoms with E-state index >= 15 is 0 Å². The number of aliphatic hydroxyl groups is 1. The molecular weight excluding hydrogens is 276 g/mol. The largest absolute Gasteiger partial charge is 0.390 e. The molecule has 1 fully saturated rings. The summed E-state index contributed by atoms with van der Waals surface area (Å²) in [5.41, 5.74) is 0. The molecule has 0 unspecified atom stereocenters. The van der Waals surface area contributed by atoms with E-state index in [1.54, 1.807) is 12.1 Å². The van der Waals surface area contributed by atoms with Gasteiger partial charge in [-0.2, -0.15) is 4.31 Å². The summed E-state index contributed by atoms with van der Waals surface area (Å²) in [6.45, 7) is 0.845. The van der Waals surface area contributed by atoms with Crippen molar-refractivity contribution in [1.82, 2.24) is 9.62 Å². The molecular formula is C11H15ClN2O3S. The summed E-state index contributed by atoms with van der Waals surface area (Å²) in [5, 5.41) is 13.1. The monoisotopic (exact) mass is 290 g/mol. The van der Waals surface area contributed by atoms with Crippen LogP contribution in [0.5, 0.6) is 0 Å². The average molecular weight is 291 g/mol. The number of rotatable bonds is 3. The lowest BCUT2D eigenvalue weighted by Gasteiger charge is -2.25. The van der Waals surface area contributed by atoms with Crippen molar-refractivity contribution in [3.05, 3.63) is 29.3 Å². The summed E-state index contributed by atoms with van der Waals surface area (Å²) in [4.78, 5) is 0.136. The van der Waals surface area contributed by atoms with Gasteiger partial charge in [-0.3, -0.25) is 0 Å². The van der Waals surface area contributed by atoms with Gasteiger partial charge < -0.3 is 10.4 Å². The molecule has 1 saturated heterocycles. The van der Waals surface area contributed by atoms with Gasteiger partial charge >= 0.3 is 0 Å². The summed E-state index contributed by atoms with van der Waals surface area (Å²) < 4.78 is 25.9. The Hall–Kier alpha value is -0.660. The Morgan fingerprint density at radius 1 is 1.44 bits per heavy atom. The molecule has 5 nitrogen and oxygen atoms in total. The Morgan fingerprint density at radius 2 is 2.17 bits per heavy atom. The standard InChI is InChI=1S/C11H15ClN2O3S/c1-14(10-6-13-7-11(10)15)18(16,17)9-4-2-3-8(12)5-9/h2-5,10-11,13,15H,6-7H2,1H3/t10-,11-/m1/s1. The van der Waals surface area contributed by atoms with Crippen molar-refractivity contribution in [2.45, 2.75) is 17.0 Å². The van der Waals surface area contributed by atoms with E-state index in [2.05, 4.69) is 5.32 Å². The number of nitrogens with one attached hydrogen (secondary N) is 1. The van der Waals surface area contributed by atoms with Crippen LogP contribution in [0.25, 0.3) is 0 Å². The summed E-state index contributed by atoms with van der Waals surface area (Å²) in [7, 11) is -2.16. The molecule has 1 heterocycles. The minimum Gasteiger partial charge on any atom is -0.390 e. The number of sulfonamides is 1. The molecule has 0 amide bonds. The van der Waals surface area contributed by atoms with Gasteiger partial charge in [0.05, 0.1) is 17.0 Å². The van der Waals surface area contributed by atoms with Crippen molar-refractivity contribution in [3.63, 3.8) is 0 Å². The SMILES string of the molecule is CN([C@@H]1CNC[C@H]1O)S(=O)(=O)c1cccc(Cl)c1. The number of hydrogen-bond donors (Lipinski definition) is 2. The summed E-state index contributed by atoms with van der Waals surface area (Å²) in [6, 6.07) is 5.65. The zero-order valence-electron chi connectivity index (χ0n) is 9.88. The van der Waals surface area contributed by atoms with Crippen LogP contribution < -0.4 is 5.32 Å². The number of halogens is 1. The lowest BCUT2D eigenvalue weighted by atomic mass is 10.2. The maximum absolute atomic E-state index is 12.3. The van der Waals surface area contributed by atoms with Crippen LogP contribution >= 0.6 is 11.6 Å². The average Bonchev–Trinajstić information content (AvgIpc) is 2.74. The fourth-order valence-corrected chi connectivity index (χ4v) is 3.68. The van der Waals surface area contributed by atoms with Gasteiger partial charge in [-0.05, 0) is 18.2 Å². The zero-order chi connectivity index (χ0) is 13.3. The van der Waals surface area contributed by atoms with Crippen molar-refractivity contribution < 1.29 is 13.5 Å². The minimum absolute atomic E-state index is 0.136. The van der Waals surface area contributed by atoms with Gasteiger partial charge in [0, 0.05) is 25.2 Å². The third-order valence-corrected chi connectivity index (χ3v) is 5.21. The van der Waals surface area contributed by atoms with Gasteiger partial charge in [-0.25, -0.2) is 8.42 Å². The topological polar surface area (TPSA) is 69.6 Å². The molecule has 0 bridgehead atoms. The maximum Gasteiger partial charge on any atom is 0.243 e. The van der Waals surface area contributed by atoms with Gasteiger partial charge in [0.15, 0.2) is 0 Å². The van der Waals surface area contributed by atoms with Crippen LogP contribution in [-0.2, 0) is 10.0 Å². The smallest absolute Gasteiger partial charge is 0.243 e. The molecule has 2 atom stereocenters. The molecule has 100 valence electrons. The van der Waals surface area contributed by atoms with Gasteiger partial charge in [-0.1, -0.05) is 17.7 Å². The van der Waals surface area contributed by atoms with E-state index < -0.39 is 22.2 Å². The van der Waals surface area contributed by atoms with Crippen LogP contribution in [0.4, 0.5) is 0 Å². The fraction of sp³-hybridized carbons (Fsp3) is 0.455. The van der Waals surface area contributed by atoms with E-state index in [0.29, 0.717) is 18.1 Å². The molecule has 2 N–H and O–H groups in total. The van der Waals surface area contributed by atoms with Crippen LogP contribution in [-0.4, -0.2) is 50.1 Å². The number of likely N-dealkylation sites (N-methyl/N-ethyl adjacent to an activating group) is 1. The highest BCUT2D eigenvalue weighted by Gasteiger charge is 2.35.